The highest BCUT2D eigenvalue weighted by Gasteiger charge is 2.27. The molecule has 1 heterocycles. The summed E-state index contributed by atoms with van der Waals surface area (Å²) in [6, 6.07) is 7.15. The molecule has 7 nitrogen and oxygen atoms in total. The molecule has 1 aliphatic heterocycles. The molecule has 0 bridgehead atoms. The van der Waals surface area contributed by atoms with Gasteiger partial charge >= 0.3 is 0 Å². The van der Waals surface area contributed by atoms with E-state index in [1.165, 1.54) is 0 Å². The van der Waals surface area contributed by atoms with Crippen molar-refractivity contribution < 1.29 is 13.2 Å². The van der Waals surface area contributed by atoms with Crippen LogP contribution in [-0.2, 0) is 21.3 Å². The van der Waals surface area contributed by atoms with Gasteiger partial charge in [0, 0.05) is 46.4 Å². The average molecular weight is 536 g/mol. The Hall–Kier alpha value is -0.910. The van der Waals surface area contributed by atoms with Crippen molar-refractivity contribution in [3.8, 4) is 0 Å². The number of hydrogen-bond donors (Lipinski definition) is 2. The zero-order valence-electron chi connectivity index (χ0n) is 17.3. The van der Waals surface area contributed by atoms with E-state index in [1.807, 2.05) is 19.2 Å². The van der Waals surface area contributed by atoms with Gasteiger partial charge < -0.3 is 15.0 Å². The van der Waals surface area contributed by atoms with E-state index in [2.05, 4.69) is 19.9 Å². The molecule has 0 aromatic heterocycles. The normalized spacial score (nSPS) is 18.2. The fourth-order valence-electron chi connectivity index (χ4n) is 3.36. The Morgan fingerprint density at radius 1 is 1.17 bits per heavy atom. The molecule has 1 aromatic rings. The second-order valence-electron chi connectivity index (χ2n) is 7.71. The van der Waals surface area contributed by atoms with Crippen LogP contribution in [0.5, 0.6) is 0 Å². The summed E-state index contributed by atoms with van der Waals surface area (Å²) in [5, 5.41) is 3.36. The highest BCUT2D eigenvalue weighted by atomic mass is 127. The minimum absolute atomic E-state index is 0. The Labute approximate surface area is 191 Å². The average Bonchev–Trinajstić information content (AvgIpc) is 3.51. The summed E-state index contributed by atoms with van der Waals surface area (Å²) in [4.78, 5) is 6.83. The zero-order valence-corrected chi connectivity index (χ0v) is 20.4. The maximum Gasteiger partial charge on any atom is 0.240 e. The highest BCUT2D eigenvalue weighted by Crippen LogP contribution is 2.22. The largest absolute Gasteiger partial charge is 0.381 e. The van der Waals surface area contributed by atoms with Crippen LogP contribution in [0.1, 0.15) is 37.7 Å². The number of ether oxygens (including phenoxy) is 1. The maximum absolute atomic E-state index is 12.2. The van der Waals surface area contributed by atoms with E-state index in [9.17, 15) is 8.42 Å². The maximum atomic E-state index is 12.2. The fourth-order valence-corrected chi connectivity index (χ4v) is 4.66. The van der Waals surface area contributed by atoms with E-state index in [1.54, 1.807) is 19.2 Å². The first-order valence-electron chi connectivity index (χ1n) is 10.1. The molecule has 164 valence electrons. The summed E-state index contributed by atoms with van der Waals surface area (Å²) in [5.74, 6) is 1.58. The van der Waals surface area contributed by atoms with Crippen molar-refractivity contribution in [1.29, 1.82) is 0 Å². The van der Waals surface area contributed by atoms with Crippen molar-refractivity contribution in [3.63, 3.8) is 0 Å². The van der Waals surface area contributed by atoms with Gasteiger partial charge in [-0.1, -0.05) is 12.1 Å². The topological polar surface area (TPSA) is 83.0 Å². The van der Waals surface area contributed by atoms with E-state index in [0.29, 0.717) is 11.4 Å². The van der Waals surface area contributed by atoms with Crippen LogP contribution in [0, 0.1) is 5.92 Å². The van der Waals surface area contributed by atoms with Crippen molar-refractivity contribution in [3.05, 3.63) is 29.8 Å². The van der Waals surface area contributed by atoms with Gasteiger partial charge in [-0.3, -0.25) is 4.99 Å². The zero-order chi connectivity index (χ0) is 20.0. The fraction of sp³-hybridized carbons (Fsp3) is 0.650. The lowest BCUT2D eigenvalue weighted by Crippen LogP contribution is -2.39. The number of benzene rings is 1. The number of rotatable bonds is 8. The van der Waals surface area contributed by atoms with Crippen molar-refractivity contribution >= 4 is 40.0 Å². The molecule has 2 aliphatic rings. The molecule has 9 heteroatoms. The summed E-state index contributed by atoms with van der Waals surface area (Å²) in [5.41, 5.74) is 1.02. The second-order valence-corrected chi connectivity index (χ2v) is 9.42. The standard InChI is InChI=1S/C20H32N4O3S.HI/c1-21-20(24(2)12-9-16-10-13-27-14-11-16)22-15-17-3-7-19(8-4-17)28(25,26)23-18-5-6-18;/h3-4,7-8,16,18,23H,5-6,9-15H2,1-2H3,(H,21,22);1H. The molecule has 2 fully saturated rings. The molecule has 0 spiro atoms. The van der Waals surface area contributed by atoms with E-state index in [-0.39, 0.29) is 30.0 Å². The first-order valence-corrected chi connectivity index (χ1v) is 11.6. The van der Waals surface area contributed by atoms with Crippen molar-refractivity contribution in [1.82, 2.24) is 14.9 Å². The Kier molecular flexibility index (Phi) is 9.64. The third kappa shape index (κ3) is 7.69. The summed E-state index contributed by atoms with van der Waals surface area (Å²) in [6.45, 7) is 3.31. The molecule has 1 saturated heterocycles. The SMILES string of the molecule is CN=C(NCc1ccc(S(=O)(=O)NC2CC2)cc1)N(C)CCC1CCOCC1.I. The van der Waals surface area contributed by atoms with Crippen molar-refractivity contribution in [2.75, 3.05) is 33.9 Å². The lowest BCUT2D eigenvalue weighted by atomic mass is 9.96. The van der Waals surface area contributed by atoms with Gasteiger partial charge in [0.2, 0.25) is 10.0 Å². The molecular formula is C20H33IN4O3S. The van der Waals surface area contributed by atoms with Crippen LogP contribution >= 0.6 is 24.0 Å². The summed E-state index contributed by atoms with van der Waals surface area (Å²) in [6.07, 6.45) is 5.29. The monoisotopic (exact) mass is 536 g/mol. The van der Waals surface area contributed by atoms with Crippen molar-refractivity contribution in [2.45, 2.75) is 49.6 Å². The minimum atomic E-state index is -3.39. The van der Waals surface area contributed by atoms with Crippen LogP contribution in [0.2, 0.25) is 0 Å². The molecule has 2 N–H and O–H groups in total. The predicted octanol–water partition coefficient (Wildman–Crippen LogP) is 2.57. The predicted molar refractivity (Wildman–Crippen MR) is 126 cm³/mol. The summed E-state index contributed by atoms with van der Waals surface area (Å²) < 4.78 is 32.6. The Bertz CT molecular complexity index is 760. The van der Waals surface area contributed by atoms with Crippen LogP contribution in [-0.4, -0.2) is 59.2 Å². The van der Waals surface area contributed by atoms with Gasteiger partial charge in [-0.2, -0.15) is 0 Å². The van der Waals surface area contributed by atoms with Crippen LogP contribution < -0.4 is 10.0 Å². The molecule has 1 saturated carbocycles. The number of sulfonamides is 1. The molecule has 0 radical (unpaired) electrons. The van der Waals surface area contributed by atoms with Crippen LogP contribution in [0.4, 0.5) is 0 Å². The number of aliphatic imine (C=N–C) groups is 1. The summed E-state index contributed by atoms with van der Waals surface area (Å²) in [7, 11) is 0.441. The third-order valence-electron chi connectivity index (χ3n) is 5.37. The third-order valence-corrected chi connectivity index (χ3v) is 6.91. The molecule has 0 amide bonds. The van der Waals surface area contributed by atoms with Crippen LogP contribution in [0.25, 0.3) is 0 Å². The van der Waals surface area contributed by atoms with E-state index < -0.39 is 10.0 Å². The number of nitrogens with one attached hydrogen (secondary N) is 2. The molecule has 0 unspecified atom stereocenters. The van der Waals surface area contributed by atoms with Gasteiger partial charge in [-0.05, 0) is 55.7 Å². The number of halogens is 1. The van der Waals surface area contributed by atoms with Crippen molar-refractivity contribution in [2.24, 2.45) is 10.9 Å². The van der Waals surface area contributed by atoms with Gasteiger partial charge in [0.05, 0.1) is 4.90 Å². The molecule has 1 aromatic carbocycles. The smallest absolute Gasteiger partial charge is 0.240 e. The number of hydrogen-bond acceptors (Lipinski definition) is 4. The molecule has 1 aliphatic carbocycles. The van der Waals surface area contributed by atoms with Gasteiger partial charge in [0.25, 0.3) is 0 Å². The van der Waals surface area contributed by atoms with Crippen LogP contribution in [0.3, 0.4) is 0 Å². The first-order chi connectivity index (χ1) is 13.5. The first kappa shape index (κ1) is 24.4. The van der Waals surface area contributed by atoms with Gasteiger partial charge in [-0.25, -0.2) is 13.1 Å². The summed E-state index contributed by atoms with van der Waals surface area (Å²) >= 11 is 0. The number of guanidine groups is 1. The lowest BCUT2D eigenvalue weighted by Gasteiger charge is -2.26. The van der Waals surface area contributed by atoms with E-state index in [0.717, 1.165) is 69.3 Å². The van der Waals surface area contributed by atoms with Gasteiger partial charge in [0.1, 0.15) is 0 Å². The van der Waals surface area contributed by atoms with Gasteiger partial charge in [-0.15, -0.1) is 24.0 Å². The molecule has 29 heavy (non-hydrogen) atoms. The molecule has 3 rings (SSSR count). The van der Waals surface area contributed by atoms with Gasteiger partial charge in [0.15, 0.2) is 5.96 Å². The van der Waals surface area contributed by atoms with E-state index >= 15 is 0 Å². The molecule has 0 atom stereocenters. The Balaban J connectivity index is 0.00000300. The minimum Gasteiger partial charge on any atom is -0.381 e. The number of nitrogens with zero attached hydrogens (tertiary/aromatic N) is 2. The highest BCUT2D eigenvalue weighted by molar-refractivity contribution is 14.0. The quantitative estimate of drug-likeness (QED) is 0.303. The second kappa shape index (κ2) is 11.5. The Morgan fingerprint density at radius 2 is 1.83 bits per heavy atom. The lowest BCUT2D eigenvalue weighted by molar-refractivity contribution is 0.0625. The van der Waals surface area contributed by atoms with Crippen LogP contribution in [0.15, 0.2) is 34.2 Å². The Morgan fingerprint density at radius 3 is 2.41 bits per heavy atom. The van der Waals surface area contributed by atoms with E-state index in [4.69, 9.17) is 4.74 Å². The molecular weight excluding hydrogens is 503 g/mol.